The minimum Gasteiger partial charge on any atom is -0.298 e. The molecule has 0 amide bonds. The van der Waals surface area contributed by atoms with Gasteiger partial charge in [-0.3, -0.25) is 4.79 Å². The number of aromatic nitrogens is 1. The number of alkyl halides is 2. The molecule has 12 heavy (non-hydrogen) atoms. The maximum Gasteiger partial charge on any atom is 0.266 e. The molecule has 2 nitrogen and oxygen atoms in total. The first-order chi connectivity index (χ1) is 5.65. The predicted octanol–water partition coefficient (Wildman–Crippen LogP) is 2.59. The molecule has 0 aliphatic rings. The molecule has 0 spiro atoms. The highest BCUT2D eigenvalue weighted by Crippen LogP contribution is 2.22. The van der Waals surface area contributed by atoms with Crippen LogP contribution in [0.4, 0.5) is 8.78 Å². The van der Waals surface area contributed by atoms with Crippen LogP contribution in [0.15, 0.2) is 16.9 Å². The van der Waals surface area contributed by atoms with Crippen molar-refractivity contribution in [1.82, 2.24) is 4.98 Å². The molecule has 0 saturated heterocycles. The molecule has 0 fully saturated rings. The van der Waals surface area contributed by atoms with Gasteiger partial charge in [-0.25, -0.2) is 13.8 Å². The van der Waals surface area contributed by atoms with Crippen LogP contribution in [0.25, 0.3) is 0 Å². The topological polar surface area (TPSA) is 30.0 Å². The molecular formula is C7H4BrF2NO. The minimum absolute atomic E-state index is 0.0353. The average Bonchev–Trinajstić information content (AvgIpc) is 2.03. The summed E-state index contributed by atoms with van der Waals surface area (Å²) in [5.41, 5.74) is -0.375. The molecule has 64 valence electrons. The Balaban J connectivity index is 3.20. The molecule has 0 radical (unpaired) electrons. The molecule has 1 aromatic heterocycles. The summed E-state index contributed by atoms with van der Waals surface area (Å²) in [5, 5.41) is 0. The van der Waals surface area contributed by atoms with E-state index in [0.29, 0.717) is 10.9 Å². The SMILES string of the molecule is O=Cc1cc(Br)ncc1C(F)F. The van der Waals surface area contributed by atoms with Gasteiger partial charge in [-0.15, -0.1) is 0 Å². The van der Waals surface area contributed by atoms with E-state index < -0.39 is 6.43 Å². The first kappa shape index (κ1) is 9.25. The Kier molecular flexibility index (Phi) is 2.86. The van der Waals surface area contributed by atoms with E-state index in [1.54, 1.807) is 0 Å². The second-order valence-corrected chi connectivity index (χ2v) is 2.87. The van der Waals surface area contributed by atoms with E-state index in [9.17, 15) is 13.6 Å². The number of aldehydes is 1. The minimum atomic E-state index is -2.66. The Bertz CT molecular complexity index is 303. The molecule has 1 heterocycles. The smallest absolute Gasteiger partial charge is 0.266 e. The molecular weight excluding hydrogens is 232 g/mol. The van der Waals surface area contributed by atoms with Gasteiger partial charge in [0.2, 0.25) is 0 Å². The molecule has 0 saturated carbocycles. The predicted molar refractivity (Wildman–Crippen MR) is 42.3 cm³/mol. The van der Waals surface area contributed by atoms with Crippen molar-refractivity contribution in [2.24, 2.45) is 0 Å². The van der Waals surface area contributed by atoms with Crippen molar-refractivity contribution in [3.63, 3.8) is 0 Å². The van der Waals surface area contributed by atoms with Gasteiger partial charge in [0.1, 0.15) is 4.60 Å². The van der Waals surface area contributed by atoms with E-state index in [2.05, 4.69) is 20.9 Å². The zero-order chi connectivity index (χ0) is 9.14. The third-order valence-corrected chi connectivity index (χ3v) is 1.73. The molecule has 1 aromatic rings. The Morgan fingerprint density at radius 3 is 2.75 bits per heavy atom. The highest BCUT2D eigenvalue weighted by atomic mass is 79.9. The van der Waals surface area contributed by atoms with Gasteiger partial charge in [0.25, 0.3) is 6.43 Å². The first-order valence-corrected chi connectivity index (χ1v) is 3.83. The number of nitrogens with zero attached hydrogens (tertiary/aromatic N) is 1. The summed E-state index contributed by atoms with van der Waals surface area (Å²) in [4.78, 5) is 13.9. The lowest BCUT2D eigenvalue weighted by Crippen LogP contribution is -1.94. The summed E-state index contributed by atoms with van der Waals surface area (Å²) in [5.74, 6) is 0. The maximum absolute atomic E-state index is 12.1. The fourth-order valence-electron chi connectivity index (χ4n) is 0.739. The van der Waals surface area contributed by atoms with Crippen LogP contribution >= 0.6 is 15.9 Å². The van der Waals surface area contributed by atoms with Crippen LogP contribution in [-0.4, -0.2) is 11.3 Å². The van der Waals surface area contributed by atoms with E-state index in [1.165, 1.54) is 6.07 Å². The Hall–Kier alpha value is -0.840. The molecule has 0 atom stereocenters. The van der Waals surface area contributed by atoms with Crippen molar-refractivity contribution in [2.45, 2.75) is 6.43 Å². The number of pyridine rings is 1. The summed E-state index contributed by atoms with van der Waals surface area (Å²) in [6.45, 7) is 0. The van der Waals surface area contributed by atoms with Crippen molar-refractivity contribution in [2.75, 3.05) is 0 Å². The Labute approximate surface area is 75.7 Å². The van der Waals surface area contributed by atoms with Gasteiger partial charge in [-0.1, -0.05) is 0 Å². The fourth-order valence-corrected chi connectivity index (χ4v) is 1.09. The van der Waals surface area contributed by atoms with Crippen molar-refractivity contribution in [3.05, 3.63) is 28.0 Å². The molecule has 0 aliphatic heterocycles. The second-order valence-electron chi connectivity index (χ2n) is 2.05. The maximum atomic E-state index is 12.1. The largest absolute Gasteiger partial charge is 0.298 e. The van der Waals surface area contributed by atoms with E-state index in [4.69, 9.17) is 0 Å². The normalized spacial score (nSPS) is 10.3. The standard InChI is InChI=1S/C7H4BrF2NO/c8-6-1-4(3-12)5(2-11-6)7(9)10/h1-3,7H. The summed E-state index contributed by atoms with van der Waals surface area (Å²) < 4.78 is 24.6. The van der Waals surface area contributed by atoms with Crippen molar-refractivity contribution in [3.8, 4) is 0 Å². The van der Waals surface area contributed by atoms with Crippen molar-refractivity contribution >= 4 is 22.2 Å². The summed E-state index contributed by atoms with van der Waals surface area (Å²) in [6.07, 6.45) is -1.29. The fraction of sp³-hybridized carbons (Fsp3) is 0.143. The molecule has 0 bridgehead atoms. The van der Waals surface area contributed by atoms with Gasteiger partial charge in [0.05, 0.1) is 0 Å². The van der Waals surface area contributed by atoms with Gasteiger partial charge in [0.15, 0.2) is 6.29 Å². The molecule has 0 unspecified atom stereocenters. The van der Waals surface area contributed by atoms with Crippen LogP contribution in [0.2, 0.25) is 0 Å². The Morgan fingerprint density at radius 2 is 2.25 bits per heavy atom. The number of halogens is 3. The van der Waals surface area contributed by atoms with Gasteiger partial charge < -0.3 is 0 Å². The number of carbonyl (C=O) groups is 1. The third-order valence-electron chi connectivity index (χ3n) is 1.30. The van der Waals surface area contributed by atoms with Gasteiger partial charge in [0, 0.05) is 17.3 Å². The third kappa shape index (κ3) is 1.85. The van der Waals surface area contributed by atoms with Crippen LogP contribution in [-0.2, 0) is 0 Å². The van der Waals surface area contributed by atoms with Crippen LogP contribution in [0.1, 0.15) is 22.3 Å². The lowest BCUT2D eigenvalue weighted by Gasteiger charge is -2.01. The number of carbonyl (C=O) groups excluding carboxylic acids is 1. The molecule has 0 aliphatic carbocycles. The zero-order valence-corrected chi connectivity index (χ0v) is 7.38. The van der Waals surface area contributed by atoms with Crippen LogP contribution in [0, 0.1) is 0 Å². The monoisotopic (exact) mass is 235 g/mol. The lowest BCUT2D eigenvalue weighted by molar-refractivity contribution is 0.110. The Morgan fingerprint density at radius 1 is 1.58 bits per heavy atom. The van der Waals surface area contributed by atoms with Crippen LogP contribution in [0.3, 0.4) is 0 Å². The lowest BCUT2D eigenvalue weighted by atomic mass is 10.2. The van der Waals surface area contributed by atoms with Gasteiger partial charge >= 0.3 is 0 Å². The van der Waals surface area contributed by atoms with Crippen LogP contribution in [0.5, 0.6) is 0 Å². The van der Waals surface area contributed by atoms with Gasteiger partial charge in [-0.05, 0) is 22.0 Å². The molecule has 0 aromatic carbocycles. The number of hydrogen-bond acceptors (Lipinski definition) is 2. The van der Waals surface area contributed by atoms with Gasteiger partial charge in [-0.2, -0.15) is 0 Å². The highest BCUT2D eigenvalue weighted by Gasteiger charge is 2.12. The summed E-state index contributed by atoms with van der Waals surface area (Å²) >= 11 is 2.97. The molecule has 0 N–H and O–H groups in total. The zero-order valence-electron chi connectivity index (χ0n) is 5.80. The van der Waals surface area contributed by atoms with E-state index in [1.807, 2.05) is 0 Å². The van der Waals surface area contributed by atoms with Crippen LogP contribution < -0.4 is 0 Å². The second kappa shape index (κ2) is 3.71. The van der Waals surface area contributed by atoms with E-state index >= 15 is 0 Å². The van der Waals surface area contributed by atoms with Crippen molar-refractivity contribution < 1.29 is 13.6 Å². The average molecular weight is 236 g/mol. The summed E-state index contributed by atoms with van der Waals surface area (Å²) in [7, 11) is 0. The summed E-state index contributed by atoms with van der Waals surface area (Å²) in [6, 6.07) is 1.26. The van der Waals surface area contributed by atoms with E-state index in [0.717, 1.165) is 6.20 Å². The highest BCUT2D eigenvalue weighted by molar-refractivity contribution is 9.10. The number of rotatable bonds is 2. The quantitative estimate of drug-likeness (QED) is 0.583. The first-order valence-electron chi connectivity index (χ1n) is 3.04. The molecule has 1 rings (SSSR count). The van der Waals surface area contributed by atoms with E-state index in [-0.39, 0.29) is 11.1 Å². The number of hydrogen-bond donors (Lipinski definition) is 0. The molecule has 5 heteroatoms. The van der Waals surface area contributed by atoms with Crippen molar-refractivity contribution in [1.29, 1.82) is 0 Å².